The summed E-state index contributed by atoms with van der Waals surface area (Å²) < 4.78 is 28.5. The van der Waals surface area contributed by atoms with Gasteiger partial charge in [-0.2, -0.15) is 8.78 Å². The Kier molecular flexibility index (Phi) is 5.58. The van der Waals surface area contributed by atoms with Gasteiger partial charge in [-0.15, -0.1) is 0 Å². The molecule has 0 saturated carbocycles. The molecule has 0 heterocycles. The molecule has 1 unspecified atom stereocenters. The van der Waals surface area contributed by atoms with E-state index < -0.39 is 42.7 Å². The number of aliphatic carboxylic acids is 2. The van der Waals surface area contributed by atoms with Crippen LogP contribution < -0.4 is 10.1 Å². The van der Waals surface area contributed by atoms with Gasteiger partial charge < -0.3 is 20.3 Å². The normalized spacial score (nSPS) is 11.8. The fraction of sp³-hybridized carbons (Fsp3) is 0.250. The fourth-order valence-electron chi connectivity index (χ4n) is 1.46. The highest BCUT2D eigenvalue weighted by Crippen LogP contribution is 2.20. The topological polar surface area (TPSA) is 113 Å². The number of benzene rings is 1. The van der Waals surface area contributed by atoms with Crippen LogP contribution >= 0.6 is 0 Å². The maximum atomic E-state index is 12.2. The summed E-state index contributed by atoms with van der Waals surface area (Å²) in [5.41, 5.74) is -0.325. The number of para-hydroxylation sites is 1. The number of carbonyl (C=O) groups is 3. The SMILES string of the molecule is O=C(O)CC(NC(=O)c1ccccc1OC(F)F)C(=O)O. The Bertz CT molecular complexity index is 548. The van der Waals surface area contributed by atoms with Crippen LogP contribution in [0.5, 0.6) is 5.75 Å². The molecule has 0 radical (unpaired) electrons. The first kappa shape index (κ1) is 16.3. The molecule has 3 N–H and O–H groups in total. The van der Waals surface area contributed by atoms with Crippen molar-refractivity contribution in [2.75, 3.05) is 0 Å². The van der Waals surface area contributed by atoms with Crippen molar-refractivity contribution in [2.24, 2.45) is 0 Å². The van der Waals surface area contributed by atoms with Gasteiger partial charge in [0.2, 0.25) is 0 Å². The number of nitrogens with one attached hydrogen (secondary N) is 1. The van der Waals surface area contributed by atoms with E-state index in [1.807, 2.05) is 5.32 Å². The Morgan fingerprint density at radius 2 is 1.81 bits per heavy atom. The van der Waals surface area contributed by atoms with Crippen LogP contribution in [0.2, 0.25) is 0 Å². The average Bonchev–Trinajstić information content (AvgIpc) is 2.37. The minimum Gasteiger partial charge on any atom is -0.481 e. The number of amides is 1. The number of alkyl halides is 2. The summed E-state index contributed by atoms with van der Waals surface area (Å²) in [6.45, 7) is -3.16. The second-order valence-corrected chi connectivity index (χ2v) is 3.84. The summed E-state index contributed by atoms with van der Waals surface area (Å²) in [4.78, 5) is 33.2. The molecule has 0 saturated heterocycles. The quantitative estimate of drug-likeness (QED) is 0.691. The zero-order valence-electron chi connectivity index (χ0n) is 10.5. The van der Waals surface area contributed by atoms with Crippen LogP contribution in [0.1, 0.15) is 16.8 Å². The van der Waals surface area contributed by atoms with Gasteiger partial charge in [0, 0.05) is 0 Å². The molecular formula is C12H11F2NO6. The summed E-state index contributed by atoms with van der Waals surface area (Å²) in [7, 11) is 0. The zero-order chi connectivity index (χ0) is 16.0. The summed E-state index contributed by atoms with van der Waals surface area (Å²) in [6, 6.07) is 3.27. The van der Waals surface area contributed by atoms with E-state index in [1.54, 1.807) is 0 Å². The van der Waals surface area contributed by atoms with E-state index in [0.29, 0.717) is 0 Å². The van der Waals surface area contributed by atoms with Crippen LogP contribution in [0.25, 0.3) is 0 Å². The third-order valence-corrected chi connectivity index (χ3v) is 2.33. The molecule has 0 bridgehead atoms. The van der Waals surface area contributed by atoms with Gasteiger partial charge in [-0.1, -0.05) is 12.1 Å². The lowest BCUT2D eigenvalue weighted by molar-refractivity contribution is -0.145. The molecule has 114 valence electrons. The molecule has 1 aromatic carbocycles. The van der Waals surface area contributed by atoms with Gasteiger partial charge in [0.15, 0.2) is 0 Å². The Labute approximate surface area is 117 Å². The third-order valence-electron chi connectivity index (χ3n) is 2.33. The van der Waals surface area contributed by atoms with Crippen molar-refractivity contribution in [3.8, 4) is 5.75 Å². The van der Waals surface area contributed by atoms with E-state index in [-0.39, 0.29) is 5.56 Å². The Morgan fingerprint density at radius 3 is 2.33 bits per heavy atom. The van der Waals surface area contributed by atoms with Gasteiger partial charge in [-0.25, -0.2) is 4.79 Å². The first-order valence-electron chi connectivity index (χ1n) is 5.60. The molecule has 9 heteroatoms. The van der Waals surface area contributed by atoms with Crippen molar-refractivity contribution >= 4 is 17.8 Å². The van der Waals surface area contributed by atoms with Crippen molar-refractivity contribution in [3.63, 3.8) is 0 Å². The highest BCUT2D eigenvalue weighted by Gasteiger charge is 2.25. The highest BCUT2D eigenvalue weighted by atomic mass is 19.3. The van der Waals surface area contributed by atoms with Crippen LogP contribution in [0, 0.1) is 0 Å². The van der Waals surface area contributed by atoms with Crippen molar-refractivity contribution in [3.05, 3.63) is 29.8 Å². The molecule has 0 aliphatic carbocycles. The molecular weight excluding hydrogens is 292 g/mol. The molecule has 0 fully saturated rings. The lowest BCUT2D eigenvalue weighted by Gasteiger charge is -2.14. The largest absolute Gasteiger partial charge is 0.481 e. The van der Waals surface area contributed by atoms with Crippen LogP contribution in [-0.4, -0.2) is 40.7 Å². The monoisotopic (exact) mass is 303 g/mol. The van der Waals surface area contributed by atoms with Crippen LogP contribution in [-0.2, 0) is 9.59 Å². The summed E-state index contributed by atoms with van der Waals surface area (Å²) >= 11 is 0. The molecule has 1 aromatic rings. The molecule has 0 spiro atoms. The number of rotatable bonds is 7. The van der Waals surface area contributed by atoms with E-state index in [0.717, 1.165) is 12.1 Å². The number of hydrogen-bond acceptors (Lipinski definition) is 4. The molecule has 21 heavy (non-hydrogen) atoms. The van der Waals surface area contributed by atoms with E-state index in [4.69, 9.17) is 10.2 Å². The molecule has 1 atom stereocenters. The molecule has 0 aromatic heterocycles. The standard InChI is InChI=1S/C12H11F2NO6/c13-12(14)21-8-4-2-1-3-6(8)10(18)15-7(11(19)20)5-9(16)17/h1-4,7,12H,5H2,(H,15,18)(H,16,17)(H,19,20). The van der Waals surface area contributed by atoms with Gasteiger partial charge in [0.1, 0.15) is 11.8 Å². The number of carbonyl (C=O) groups excluding carboxylic acids is 1. The number of halogens is 2. The third kappa shape index (κ3) is 5.05. The first-order valence-corrected chi connectivity index (χ1v) is 5.60. The van der Waals surface area contributed by atoms with Gasteiger partial charge in [-0.05, 0) is 12.1 Å². The minimum atomic E-state index is -3.16. The second kappa shape index (κ2) is 7.17. The molecule has 1 amide bonds. The number of hydrogen-bond donors (Lipinski definition) is 3. The van der Waals surface area contributed by atoms with Crippen molar-refractivity contribution in [1.82, 2.24) is 5.32 Å². The Morgan fingerprint density at radius 1 is 1.19 bits per heavy atom. The minimum absolute atomic E-state index is 0.325. The number of ether oxygens (including phenoxy) is 1. The van der Waals surface area contributed by atoms with Gasteiger partial charge >= 0.3 is 18.6 Å². The summed E-state index contributed by atoms with van der Waals surface area (Å²) in [6.07, 6.45) is -0.848. The summed E-state index contributed by atoms with van der Waals surface area (Å²) in [5.74, 6) is -4.46. The van der Waals surface area contributed by atoms with E-state index in [9.17, 15) is 23.2 Å². The van der Waals surface area contributed by atoms with E-state index in [2.05, 4.69) is 4.74 Å². The van der Waals surface area contributed by atoms with Crippen LogP contribution in [0.15, 0.2) is 24.3 Å². The maximum absolute atomic E-state index is 12.2. The smallest absolute Gasteiger partial charge is 0.387 e. The zero-order valence-corrected chi connectivity index (χ0v) is 10.5. The predicted molar refractivity (Wildman–Crippen MR) is 64.2 cm³/mol. The molecule has 1 rings (SSSR count). The molecule has 0 aliphatic rings. The second-order valence-electron chi connectivity index (χ2n) is 3.84. The van der Waals surface area contributed by atoms with E-state index in [1.165, 1.54) is 12.1 Å². The van der Waals surface area contributed by atoms with Crippen molar-refractivity contribution in [2.45, 2.75) is 19.1 Å². The lowest BCUT2D eigenvalue weighted by atomic mass is 10.1. The predicted octanol–water partition coefficient (Wildman–Crippen LogP) is 0.946. The average molecular weight is 303 g/mol. The maximum Gasteiger partial charge on any atom is 0.387 e. The number of carboxylic acid groups (broad SMARTS) is 2. The molecule has 7 nitrogen and oxygen atoms in total. The van der Waals surface area contributed by atoms with E-state index >= 15 is 0 Å². The Hall–Kier alpha value is -2.71. The first-order chi connectivity index (χ1) is 9.81. The Balaban J connectivity index is 2.92. The van der Waals surface area contributed by atoms with Crippen LogP contribution in [0.4, 0.5) is 8.78 Å². The van der Waals surface area contributed by atoms with Crippen molar-refractivity contribution < 1.29 is 38.1 Å². The summed E-state index contributed by atoms with van der Waals surface area (Å²) in [5, 5.41) is 19.3. The van der Waals surface area contributed by atoms with Gasteiger partial charge in [0.05, 0.1) is 12.0 Å². The van der Waals surface area contributed by atoms with Gasteiger partial charge in [0.25, 0.3) is 5.91 Å². The lowest BCUT2D eigenvalue weighted by Crippen LogP contribution is -2.42. The molecule has 0 aliphatic heterocycles. The fourth-order valence-corrected chi connectivity index (χ4v) is 1.46. The number of carboxylic acids is 2. The van der Waals surface area contributed by atoms with Crippen LogP contribution in [0.3, 0.4) is 0 Å². The highest BCUT2D eigenvalue weighted by molar-refractivity contribution is 5.99. The van der Waals surface area contributed by atoms with Gasteiger partial charge in [-0.3, -0.25) is 9.59 Å². The van der Waals surface area contributed by atoms with Crippen molar-refractivity contribution in [1.29, 1.82) is 0 Å².